The molecule has 1 aromatic heterocycles. The van der Waals surface area contributed by atoms with Crippen LogP contribution in [0.15, 0.2) is 18.3 Å². The van der Waals surface area contributed by atoms with Crippen LogP contribution in [0.3, 0.4) is 0 Å². The molecule has 1 aliphatic carbocycles. The Kier molecular flexibility index (Phi) is 8.31. The van der Waals surface area contributed by atoms with Crippen LogP contribution in [0.4, 0.5) is 10.5 Å². The fourth-order valence-electron chi connectivity index (χ4n) is 4.79. The molecule has 0 unspecified atom stereocenters. The van der Waals surface area contributed by atoms with E-state index in [-0.39, 0.29) is 30.5 Å². The van der Waals surface area contributed by atoms with Gasteiger partial charge in [0.25, 0.3) is 10.1 Å². The summed E-state index contributed by atoms with van der Waals surface area (Å²) in [5, 5.41) is 0. The van der Waals surface area contributed by atoms with Crippen molar-refractivity contribution in [3.63, 3.8) is 0 Å². The van der Waals surface area contributed by atoms with Gasteiger partial charge in [0.05, 0.1) is 24.6 Å². The first-order valence-corrected chi connectivity index (χ1v) is 14.6. The zero-order chi connectivity index (χ0) is 25.9. The summed E-state index contributed by atoms with van der Waals surface area (Å²) < 4.78 is 45.6. The summed E-state index contributed by atoms with van der Waals surface area (Å²) in [5.74, 6) is 0.594. The van der Waals surface area contributed by atoms with Gasteiger partial charge in [0.15, 0.2) is 0 Å². The molecule has 2 saturated heterocycles. The van der Waals surface area contributed by atoms with Crippen molar-refractivity contribution in [2.75, 3.05) is 37.3 Å². The van der Waals surface area contributed by atoms with Gasteiger partial charge >= 0.3 is 6.09 Å². The summed E-state index contributed by atoms with van der Waals surface area (Å²) in [6.07, 6.45) is 7.33. The van der Waals surface area contributed by atoms with Gasteiger partial charge in [-0.1, -0.05) is 0 Å². The average molecular weight is 526 g/mol. The smallest absolute Gasteiger partial charge is 0.410 e. The molecule has 11 heteroatoms. The van der Waals surface area contributed by atoms with Crippen LogP contribution >= 0.6 is 0 Å². The third kappa shape index (κ3) is 7.94. The molecular formula is C25H39N3O7S. The lowest BCUT2D eigenvalue weighted by Crippen LogP contribution is -2.46. The molecule has 3 aliphatic rings. The minimum atomic E-state index is -3.43. The molecule has 3 fully saturated rings. The molecule has 0 aromatic carbocycles. The normalized spacial score (nSPS) is 24.3. The Balaban J connectivity index is 1.16. The quantitative estimate of drug-likeness (QED) is 0.495. The fraction of sp³-hybridized carbons (Fsp3) is 0.760. The van der Waals surface area contributed by atoms with Gasteiger partial charge in [0.2, 0.25) is 5.88 Å². The van der Waals surface area contributed by atoms with Crippen molar-refractivity contribution in [3.8, 4) is 5.88 Å². The summed E-state index contributed by atoms with van der Waals surface area (Å²) >= 11 is 0. The first kappa shape index (κ1) is 26.9. The van der Waals surface area contributed by atoms with Crippen molar-refractivity contribution >= 4 is 21.9 Å². The largest absolute Gasteiger partial charge is 0.474 e. The van der Waals surface area contributed by atoms with Crippen LogP contribution in [0.1, 0.15) is 59.3 Å². The number of anilines is 1. The summed E-state index contributed by atoms with van der Waals surface area (Å²) in [6, 6.07) is 3.89. The summed E-state index contributed by atoms with van der Waals surface area (Å²) in [5.41, 5.74) is 0.535. The third-order valence-corrected chi connectivity index (χ3v) is 7.28. The molecule has 0 N–H and O–H groups in total. The fourth-order valence-corrected chi connectivity index (χ4v) is 5.47. The molecule has 0 bridgehead atoms. The summed E-state index contributed by atoms with van der Waals surface area (Å²) in [7, 11) is -3.43. The van der Waals surface area contributed by atoms with Gasteiger partial charge in [-0.15, -0.1) is 0 Å². The van der Waals surface area contributed by atoms with Crippen molar-refractivity contribution in [2.45, 2.75) is 89.3 Å². The highest BCUT2D eigenvalue weighted by Crippen LogP contribution is 2.32. The van der Waals surface area contributed by atoms with Gasteiger partial charge in [0, 0.05) is 57.0 Å². The highest BCUT2D eigenvalue weighted by molar-refractivity contribution is 7.86. The van der Waals surface area contributed by atoms with Gasteiger partial charge in [-0.25, -0.2) is 9.78 Å². The molecule has 10 nitrogen and oxygen atoms in total. The first-order chi connectivity index (χ1) is 16.9. The van der Waals surface area contributed by atoms with E-state index in [2.05, 4.69) is 9.88 Å². The van der Waals surface area contributed by atoms with Crippen molar-refractivity contribution in [3.05, 3.63) is 18.3 Å². The summed E-state index contributed by atoms with van der Waals surface area (Å²) in [6.45, 7) is 8.38. The van der Waals surface area contributed by atoms with E-state index in [1.165, 1.54) is 0 Å². The number of aromatic nitrogens is 1. The number of piperidine rings is 2. The van der Waals surface area contributed by atoms with E-state index in [4.69, 9.17) is 18.4 Å². The maximum Gasteiger partial charge on any atom is 0.410 e. The standard InChI is InChI=1S/C25H39N3O7S/c1-25(2,3)34-24(29)28-13-6-19(7-14-28)32-21-16-22(17-21)33-23-15-18(5-10-26-23)27-11-8-20(9-12-27)35-36(4,30)31/h5,10,15,19-22H,6-9,11-14,16-17H2,1-4H3. The maximum absolute atomic E-state index is 12.2. The molecule has 0 atom stereocenters. The molecule has 202 valence electrons. The lowest BCUT2D eigenvalue weighted by Gasteiger charge is -2.40. The number of amides is 1. The first-order valence-electron chi connectivity index (χ1n) is 12.8. The van der Waals surface area contributed by atoms with Crippen LogP contribution in [0.25, 0.3) is 0 Å². The third-order valence-electron chi connectivity index (χ3n) is 6.65. The van der Waals surface area contributed by atoms with Gasteiger partial charge in [-0.2, -0.15) is 8.42 Å². The molecule has 1 saturated carbocycles. The Labute approximate surface area is 214 Å². The van der Waals surface area contributed by atoms with Crippen molar-refractivity contribution in [1.82, 2.24) is 9.88 Å². The van der Waals surface area contributed by atoms with Crippen LogP contribution in [-0.4, -0.2) is 86.8 Å². The van der Waals surface area contributed by atoms with Crippen LogP contribution in [-0.2, 0) is 23.8 Å². The van der Waals surface area contributed by atoms with Crippen LogP contribution in [0.2, 0.25) is 0 Å². The van der Waals surface area contributed by atoms with E-state index in [0.29, 0.717) is 31.8 Å². The number of pyridine rings is 1. The van der Waals surface area contributed by atoms with E-state index in [9.17, 15) is 13.2 Å². The van der Waals surface area contributed by atoms with Gasteiger partial charge in [0.1, 0.15) is 11.7 Å². The van der Waals surface area contributed by atoms with E-state index < -0.39 is 15.7 Å². The predicted octanol–water partition coefficient (Wildman–Crippen LogP) is 3.35. The molecular weight excluding hydrogens is 486 g/mol. The summed E-state index contributed by atoms with van der Waals surface area (Å²) in [4.78, 5) is 20.6. The Morgan fingerprint density at radius 1 is 0.972 bits per heavy atom. The van der Waals surface area contributed by atoms with Crippen molar-refractivity contribution in [2.24, 2.45) is 0 Å². The Hall–Kier alpha value is -2.11. The van der Waals surface area contributed by atoms with E-state index >= 15 is 0 Å². The number of nitrogens with zero attached hydrogens (tertiary/aromatic N) is 3. The second-order valence-corrected chi connectivity index (χ2v) is 12.6. The van der Waals surface area contributed by atoms with Crippen LogP contribution in [0.5, 0.6) is 5.88 Å². The second-order valence-electron chi connectivity index (χ2n) is 11.0. The topological polar surface area (TPSA) is 107 Å². The number of rotatable bonds is 7. The average Bonchev–Trinajstić information content (AvgIpc) is 2.76. The van der Waals surface area contributed by atoms with E-state index in [1.54, 1.807) is 11.1 Å². The lowest BCUT2D eigenvalue weighted by molar-refractivity contribution is -0.110. The highest BCUT2D eigenvalue weighted by atomic mass is 32.2. The minimum absolute atomic E-state index is 0.0773. The van der Waals surface area contributed by atoms with E-state index in [0.717, 1.165) is 50.7 Å². The second kappa shape index (κ2) is 11.1. The van der Waals surface area contributed by atoms with Gasteiger partial charge < -0.3 is 24.0 Å². The molecule has 0 radical (unpaired) electrons. The number of carbonyl (C=O) groups excluding carboxylic acids is 1. The number of likely N-dealkylation sites (tertiary alicyclic amines) is 1. The predicted molar refractivity (Wildman–Crippen MR) is 135 cm³/mol. The number of carbonyl (C=O) groups is 1. The lowest BCUT2D eigenvalue weighted by atomic mass is 9.91. The molecule has 2 aliphatic heterocycles. The highest BCUT2D eigenvalue weighted by Gasteiger charge is 2.36. The van der Waals surface area contributed by atoms with Crippen LogP contribution in [0, 0.1) is 0 Å². The number of ether oxygens (including phenoxy) is 3. The monoisotopic (exact) mass is 525 g/mol. The SMILES string of the molecule is CC(C)(C)OC(=O)N1CCC(OC2CC(Oc3cc(N4CCC(OS(C)(=O)=O)CC4)ccn3)C2)CC1. The molecule has 1 aromatic rings. The maximum atomic E-state index is 12.2. The van der Waals surface area contributed by atoms with Gasteiger partial charge in [-0.05, 0) is 52.5 Å². The molecule has 1 amide bonds. The molecule has 4 rings (SSSR count). The number of hydrogen-bond acceptors (Lipinski definition) is 9. The molecule has 36 heavy (non-hydrogen) atoms. The van der Waals surface area contributed by atoms with Crippen LogP contribution < -0.4 is 9.64 Å². The number of hydrogen-bond donors (Lipinski definition) is 0. The zero-order valence-corrected chi connectivity index (χ0v) is 22.5. The van der Waals surface area contributed by atoms with Gasteiger partial charge in [-0.3, -0.25) is 4.18 Å². The zero-order valence-electron chi connectivity index (χ0n) is 21.7. The Morgan fingerprint density at radius 2 is 1.61 bits per heavy atom. The molecule has 0 spiro atoms. The molecule has 3 heterocycles. The van der Waals surface area contributed by atoms with Crippen molar-refractivity contribution in [1.29, 1.82) is 0 Å². The minimum Gasteiger partial charge on any atom is -0.474 e. The Bertz CT molecular complexity index is 991. The van der Waals surface area contributed by atoms with E-state index in [1.807, 2.05) is 32.9 Å². The Morgan fingerprint density at radius 3 is 2.22 bits per heavy atom. The van der Waals surface area contributed by atoms with Crippen molar-refractivity contribution < 1.29 is 31.6 Å².